The third-order valence-corrected chi connectivity index (χ3v) is 3.24. The molecule has 1 aromatic rings. The second-order valence-electron chi connectivity index (χ2n) is 4.43. The lowest BCUT2D eigenvalue weighted by atomic mass is 9.96. The lowest BCUT2D eigenvalue weighted by Crippen LogP contribution is -2.60. The topological polar surface area (TPSA) is 152 Å². The van der Waals surface area contributed by atoms with Crippen LogP contribution < -0.4 is 5.73 Å². The van der Waals surface area contributed by atoms with Crippen molar-refractivity contribution in [2.24, 2.45) is 5.73 Å². The third kappa shape index (κ3) is 1.51. The number of carbonyl (C=O) groups is 1. The van der Waals surface area contributed by atoms with Crippen molar-refractivity contribution < 1.29 is 39.2 Å². The summed E-state index contributed by atoms with van der Waals surface area (Å²) in [5, 5.41) is 39.9. The minimum Gasteiger partial charge on any atom is -0.507 e. The molecule has 0 aromatic heterocycles. The van der Waals surface area contributed by atoms with E-state index in [1.54, 1.807) is 0 Å². The van der Waals surface area contributed by atoms with Crippen LogP contribution in [0.3, 0.4) is 0 Å². The monoisotopic (exact) mass is 283 g/mol. The Morgan fingerprint density at radius 3 is 2.45 bits per heavy atom. The van der Waals surface area contributed by atoms with E-state index >= 15 is 0 Å². The summed E-state index contributed by atoms with van der Waals surface area (Å²) in [7, 11) is -1.32. The van der Waals surface area contributed by atoms with Gasteiger partial charge < -0.3 is 40.1 Å². The van der Waals surface area contributed by atoms with Gasteiger partial charge in [-0.3, -0.25) is 4.79 Å². The van der Waals surface area contributed by atoms with E-state index in [4.69, 9.17) is 10.4 Å². The van der Waals surface area contributed by atoms with E-state index in [-0.39, 0.29) is 11.1 Å². The van der Waals surface area contributed by atoms with Crippen LogP contribution in [0.25, 0.3) is 0 Å². The molecule has 106 valence electrons. The van der Waals surface area contributed by atoms with E-state index < -0.39 is 36.8 Å². The fourth-order valence-electron chi connectivity index (χ4n) is 2.14. The van der Waals surface area contributed by atoms with E-state index in [1.165, 1.54) is 18.2 Å². The molecule has 2 atom stereocenters. The number of fused-ring (bicyclic) bond motifs is 1. The molecule has 6 N–H and O–H groups in total. The van der Waals surface area contributed by atoms with Gasteiger partial charge in [-0.25, -0.2) is 0 Å². The summed E-state index contributed by atoms with van der Waals surface area (Å²) < 4.78 is 14.1. The summed E-state index contributed by atoms with van der Waals surface area (Å²) in [6, 6.07) is 3.77. The molecule has 2 bridgehead atoms. The molecule has 3 aliphatic heterocycles. The summed E-state index contributed by atoms with van der Waals surface area (Å²) >= 11 is 0. The van der Waals surface area contributed by atoms with E-state index in [0.717, 1.165) is 0 Å². The number of hydrogen-bond acceptors (Lipinski definition) is 8. The van der Waals surface area contributed by atoms with Crippen molar-refractivity contribution in [1.82, 2.24) is 0 Å². The number of rotatable bonds is 3. The second-order valence-corrected chi connectivity index (χ2v) is 4.43. The minimum absolute atomic E-state index is 0.260. The van der Waals surface area contributed by atoms with E-state index in [1.807, 2.05) is 0 Å². The zero-order valence-corrected chi connectivity index (χ0v) is 9.89. The zero-order chi connectivity index (χ0) is 14.7. The van der Waals surface area contributed by atoms with Gasteiger partial charge >= 0.3 is 13.3 Å². The highest BCUT2D eigenvalue weighted by Crippen LogP contribution is 2.51. The van der Waals surface area contributed by atoms with Gasteiger partial charge in [-0.2, -0.15) is 0 Å². The van der Waals surface area contributed by atoms with Crippen LogP contribution in [0, 0.1) is 0 Å². The predicted octanol–water partition coefficient (Wildman–Crippen LogP) is -2.08. The van der Waals surface area contributed by atoms with Gasteiger partial charge in [0.15, 0.2) is 0 Å². The Kier molecular flexibility index (Phi) is 2.60. The maximum absolute atomic E-state index is 11.1. The van der Waals surface area contributed by atoms with Crippen molar-refractivity contribution in [3.05, 3.63) is 29.3 Å². The Hall–Kier alpha value is -1.69. The molecule has 1 aromatic carbocycles. The lowest BCUT2D eigenvalue weighted by Gasteiger charge is -2.37. The molecule has 0 spiro atoms. The van der Waals surface area contributed by atoms with E-state index in [9.17, 15) is 25.2 Å². The summed E-state index contributed by atoms with van der Waals surface area (Å²) in [6.45, 7) is 0. The Balaban J connectivity index is 2.02. The molecule has 1 amide bonds. The lowest BCUT2D eigenvalue weighted by molar-refractivity contribution is -0.417. The smallest absolute Gasteiger partial charge is 0.507 e. The molecular formula is C10H10BNO8. The SMILES string of the molecule is NC(=O)c1cccc(C(O)C2(O)OB3OC2(O)O3)c1O. The first-order valence-electron chi connectivity index (χ1n) is 5.56. The molecular weight excluding hydrogens is 273 g/mol. The molecule has 3 fully saturated rings. The number of amides is 1. The maximum Gasteiger partial charge on any atom is 0.649 e. The molecule has 0 saturated carbocycles. The van der Waals surface area contributed by atoms with Crippen LogP contribution >= 0.6 is 0 Å². The molecule has 3 saturated heterocycles. The summed E-state index contributed by atoms with van der Waals surface area (Å²) in [5.41, 5.74) is 4.52. The standard InChI is InChI=1S/C10H10BNO8/c12-8(15)5-3-1-2-4(6(5)13)7(14)9(16)10(17)19-11(18-9)20-10/h1-3,7,13-14,16-17H,(H2,12,15). The first kappa shape index (κ1) is 13.3. The van der Waals surface area contributed by atoms with Crippen LogP contribution in [0.2, 0.25) is 0 Å². The fourth-order valence-corrected chi connectivity index (χ4v) is 2.14. The van der Waals surface area contributed by atoms with Gasteiger partial charge in [0, 0.05) is 5.56 Å². The van der Waals surface area contributed by atoms with Crippen molar-refractivity contribution in [3.63, 3.8) is 0 Å². The van der Waals surface area contributed by atoms with Gasteiger partial charge in [-0.1, -0.05) is 12.1 Å². The summed E-state index contributed by atoms with van der Waals surface area (Å²) in [5.74, 6) is -6.76. The van der Waals surface area contributed by atoms with Crippen molar-refractivity contribution in [2.75, 3.05) is 0 Å². The van der Waals surface area contributed by atoms with Gasteiger partial charge in [-0.15, -0.1) is 0 Å². The van der Waals surface area contributed by atoms with Crippen LogP contribution in [0.4, 0.5) is 0 Å². The third-order valence-electron chi connectivity index (χ3n) is 3.24. The van der Waals surface area contributed by atoms with Crippen LogP contribution in [0.15, 0.2) is 18.2 Å². The van der Waals surface area contributed by atoms with Gasteiger partial charge in [0.1, 0.15) is 11.9 Å². The molecule has 4 rings (SSSR count). The predicted molar refractivity (Wildman–Crippen MR) is 60.5 cm³/mol. The minimum atomic E-state index is -2.65. The Labute approximate surface area is 112 Å². The number of nitrogens with two attached hydrogens (primary N) is 1. The Morgan fingerprint density at radius 1 is 1.30 bits per heavy atom. The molecule has 9 nitrogen and oxygen atoms in total. The number of primary amides is 1. The largest absolute Gasteiger partial charge is 0.649 e. The number of aliphatic hydroxyl groups excluding tert-OH is 1. The summed E-state index contributed by atoms with van der Waals surface area (Å²) in [6.07, 6.45) is -1.95. The number of para-hydroxylation sites is 1. The highest BCUT2D eigenvalue weighted by molar-refractivity contribution is 6.40. The van der Waals surface area contributed by atoms with Gasteiger partial charge in [0.25, 0.3) is 11.7 Å². The van der Waals surface area contributed by atoms with Crippen LogP contribution in [-0.2, 0) is 14.0 Å². The molecule has 20 heavy (non-hydrogen) atoms. The fraction of sp³-hybridized carbons (Fsp3) is 0.300. The van der Waals surface area contributed by atoms with Crippen molar-refractivity contribution in [1.29, 1.82) is 0 Å². The van der Waals surface area contributed by atoms with Gasteiger partial charge in [0.05, 0.1) is 5.56 Å². The van der Waals surface area contributed by atoms with Crippen LogP contribution in [0.5, 0.6) is 5.75 Å². The first-order valence-corrected chi connectivity index (χ1v) is 5.56. The number of benzene rings is 1. The van der Waals surface area contributed by atoms with Crippen molar-refractivity contribution in [3.8, 4) is 5.75 Å². The Morgan fingerprint density at radius 2 is 1.95 bits per heavy atom. The number of carbonyl (C=O) groups excluding carboxylic acids is 1. The molecule has 3 aliphatic rings. The molecule has 0 aliphatic carbocycles. The number of aliphatic hydroxyl groups is 3. The van der Waals surface area contributed by atoms with Crippen molar-refractivity contribution in [2.45, 2.75) is 17.9 Å². The van der Waals surface area contributed by atoms with E-state index in [0.29, 0.717) is 0 Å². The quantitative estimate of drug-likeness (QED) is 0.396. The average molecular weight is 283 g/mol. The molecule has 0 radical (unpaired) electrons. The molecule has 2 unspecified atom stereocenters. The maximum atomic E-state index is 11.1. The molecule has 3 heterocycles. The molecule has 10 heteroatoms. The van der Waals surface area contributed by atoms with Gasteiger partial charge in [0.2, 0.25) is 0 Å². The normalized spacial score (nSPS) is 32.9. The van der Waals surface area contributed by atoms with E-state index in [2.05, 4.69) is 9.31 Å². The summed E-state index contributed by atoms with van der Waals surface area (Å²) in [4.78, 5) is 11.1. The van der Waals surface area contributed by atoms with Crippen molar-refractivity contribution >= 4 is 13.2 Å². The second kappa shape index (κ2) is 3.91. The number of aromatic hydroxyl groups is 1. The first-order chi connectivity index (χ1) is 9.28. The van der Waals surface area contributed by atoms with Crippen LogP contribution in [-0.4, -0.2) is 45.4 Å². The Bertz CT molecular complexity index is 589. The highest BCUT2D eigenvalue weighted by atomic mass is 17.0. The number of phenols is 1. The number of hydrogen-bond donors (Lipinski definition) is 5. The zero-order valence-electron chi connectivity index (χ0n) is 9.89. The van der Waals surface area contributed by atoms with Crippen LogP contribution in [0.1, 0.15) is 22.0 Å². The van der Waals surface area contributed by atoms with Gasteiger partial charge in [-0.05, 0) is 6.07 Å². The highest BCUT2D eigenvalue weighted by Gasteiger charge is 2.78. The average Bonchev–Trinajstić information content (AvgIpc) is 2.75.